The van der Waals surface area contributed by atoms with Crippen LogP contribution in [-0.4, -0.2) is 44.3 Å². The molecule has 196 valence electrons. The minimum Gasteiger partial charge on any atom is -0.342 e. The van der Waals surface area contributed by atoms with Crippen molar-refractivity contribution in [2.75, 3.05) is 18.4 Å². The molecule has 4 rings (SSSR count). The topological polar surface area (TPSA) is 95.6 Å². The second-order valence-corrected chi connectivity index (χ2v) is 11.4. The van der Waals surface area contributed by atoms with E-state index in [1.165, 1.54) is 0 Å². The number of piperidine rings is 1. The summed E-state index contributed by atoms with van der Waals surface area (Å²) in [6, 6.07) is 17.5. The van der Waals surface area contributed by atoms with E-state index in [2.05, 4.69) is 10.0 Å². The number of benzene rings is 3. The number of amides is 2. The average Bonchev–Trinajstić information content (AvgIpc) is 2.89. The summed E-state index contributed by atoms with van der Waals surface area (Å²) in [6.45, 7) is 7.00. The molecule has 0 aromatic heterocycles. The Bertz CT molecular complexity index is 1400. The number of carbonyl (C=O) groups excluding carboxylic acids is 2. The Balaban J connectivity index is 1.59. The number of rotatable bonds is 8. The Morgan fingerprint density at radius 1 is 0.973 bits per heavy atom. The van der Waals surface area contributed by atoms with E-state index in [4.69, 9.17) is 0 Å². The third kappa shape index (κ3) is 5.86. The number of hydrogen-bond acceptors (Lipinski definition) is 4. The molecule has 2 atom stereocenters. The van der Waals surface area contributed by atoms with E-state index >= 15 is 0 Å². The molecule has 0 saturated carbocycles. The number of anilines is 1. The van der Waals surface area contributed by atoms with Crippen molar-refractivity contribution in [3.05, 3.63) is 71.8 Å². The fraction of sp³-hybridized carbons (Fsp3) is 0.379. The molecular weight excluding hydrogens is 486 g/mol. The van der Waals surface area contributed by atoms with Crippen LogP contribution in [0.25, 0.3) is 10.8 Å². The Hall–Kier alpha value is -3.23. The van der Waals surface area contributed by atoms with Crippen LogP contribution >= 0.6 is 0 Å². The largest absolute Gasteiger partial charge is 0.342 e. The third-order valence-corrected chi connectivity index (χ3v) is 8.74. The lowest BCUT2D eigenvalue weighted by molar-refractivity contribution is -0.133. The molecule has 1 aliphatic heterocycles. The molecule has 2 N–H and O–H groups in total. The van der Waals surface area contributed by atoms with Gasteiger partial charge in [0.2, 0.25) is 15.9 Å². The number of hydrogen-bond donors (Lipinski definition) is 2. The smallest absolute Gasteiger partial charge is 0.255 e. The Morgan fingerprint density at radius 3 is 2.38 bits per heavy atom. The first kappa shape index (κ1) is 26.8. The van der Waals surface area contributed by atoms with E-state index in [-0.39, 0.29) is 28.7 Å². The maximum absolute atomic E-state index is 13.6. The van der Waals surface area contributed by atoms with E-state index in [1.807, 2.05) is 56.0 Å². The molecule has 0 aliphatic carbocycles. The van der Waals surface area contributed by atoms with E-state index in [0.717, 1.165) is 18.4 Å². The predicted molar refractivity (Wildman–Crippen MR) is 147 cm³/mol. The third-order valence-electron chi connectivity index (χ3n) is 7.19. The number of aryl methyl sites for hydroxylation is 1. The van der Waals surface area contributed by atoms with Gasteiger partial charge >= 0.3 is 0 Å². The molecule has 0 spiro atoms. The summed E-state index contributed by atoms with van der Waals surface area (Å²) < 4.78 is 30.2. The van der Waals surface area contributed by atoms with E-state index in [0.29, 0.717) is 48.0 Å². The normalized spacial score (nSPS) is 18.1. The number of nitrogens with zero attached hydrogens (tertiary/aromatic N) is 1. The lowest BCUT2D eigenvalue weighted by Gasteiger charge is -2.38. The van der Waals surface area contributed by atoms with Gasteiger partial charge in [-0.2, -0.15) is 0 Å². The summed E-state index contributed by atoms with van der Waals surface area (Å²) >= 11 is 0. The zero-order valence-electron chi connectivity index (χ0n) is 21.7. The Kier molecular flexibility index (Phi) is 8.29. The van der Waals surface area contributed by atoms with Crippen molar-refractivity contribution in [3.63, 3.8) is 0 Å². The van der Waals surface area contributed by atoms with Gasteiger partial charge < -0.3 is 10.2 Å². The maximum Gasteiger partial charge on any atom is 0.255 e. The molecule has 1 fully saturated rings. The van der Waals surface area contributed by atoms with Crippen LogP contribution in [0.1, 0.15) is 55.5 Å². The summed E-state index contributed by atoms with van der Waals surface area (Å²) in [4.78, 5) is 27.4. The van der Waals surface area contributed by atoms with Crippen molar-refractivity contribution in [2.24, 2.45) is 5.92 Å². The fourth-order valence-corrected chi connectivity index (χ4v) is 6.64. The van der Waals surface area contributed by atoms with Crippen LogP contribution in [0.5, 0.6) is 0 Å². The molecule has 1 aliphatic rings. The van der Waals surface area contributed by atoms with Crippen LogP contribution in [0.4, 0.5) is 5.69 Å². The van der Waals surface area contributed by atoms with Crippen LogP contribution in [0.15, 0.2) is 65.6 Å². The molecule has 8 heteroatoms. The highest BCUT2D eigenvalue weighted by Crippen LogP contribution is 2.31. The highest BCUT2D eigenvalue weighted by atomic mass is 32.2. The molecule has 3 aromatic rings. The van der Waals surface area contributed by atoms with Gasteiger partial charge in [0.25, 0.3) is 5.91 Å². The molecule has 0 bridgehead atoms. The number of nitrogens with one attached hydrogen (secondary N) is 2. The van der Waals surface area contributed by atoms with Crippen LogP contribution in [0, 0.1) is 12.8 Å². The quantitative estimate of drug-likeness (QED) is 0.431. The highest BCUT2D eigenvalue weighted by Gasteiger charge is 2.33. The first-order valence-corrected chi connectivity index (χ1v) is 14.4. The highest BCUT2D eigenvalue weighted by molar-refractivity contribution is 7.89. The van der Waals surface area contributed by atoms with E-state index < -0.39 is 10.0 Å². The van der Waals surface area contributed by atoms with Crippen molar-refractivity contribution < 1.29 is 18.0 Å². The molecule has 37 heavy (non-hydrogen) atoms. The van der Waals surface area contributed by atoms with E-state index in [1.54, 1.807) is 30.3 Å². The Morgan fingerprint density at radius 2 is 1.68 bits per heavy atom. The molecule has 0 radical (unpaired) electrons. The minimum absolute atomic E-state index is 0.0447. The van der Waals surface area contributed by atoms with Crippen molar-refractivity contribution in [1.29, 1.82) is 0 Å². The van der Waals surface area contributed by atoms with Crippen molar-refractivity contribution >= 4 is 38.3 Å². The van der Waals surface area contributed by atoms with Gasteiger partial charge in [0.1, 0.15) is 0 Å². The first-order chi connectivity index (χ1) is 17.7. The summed E-state index contributed by atoms with van der Waals surface area (Å²) in [6.07, 6.45) is 2.67. The summed E-state index contributed by atoms with van der Waals surface area (Å²) in [5, 5.41) is 4.15. The summed E-state index contributed by atoms with van der Waals surface area (Å²) in [7, 11) is -3.85. The zero-order valence-corrected chi connectivity index (χ0v) is 22.5. The predicted octanol–water partition coefficient (Wildman–Crippen LogP) is 5.11. The van der Waals surface area contributed by atoms with Gasteiger partial charge in [-0.25, -0.2) is 13.1 Å². The van der Waals surface area contributed by atoms with Gasteiger partial charge in [-0.1, -0.05) is 62.7 Å². The molecule has 0 unspecified atom stereocenters. The van der Waals surface area contributed by atoms with Gasteiger partial charge in [-0.15, -0.1) is 0 Å². The first-order valence-electron chi connectivity index (χ1n) is 12.9. The Labute approximate surface area is 219 Å². The van der Waals surface area contributed by atoms with Crippen LogP contribution in [0.3, 0.4) is 0 Å². The monoisotopic (exact) mass is 521 g/mol. The van der Waals surface area contributed by atoms with Gasteiger partial charge in [-0.05, 0) is 49.4 Å². The van der Waals surface area contributed by atoms with Crippen molar-refractivity contribution in [2.45, 2.75) is 57.4 Å². The standard InChI is InChI=1S/C29H35N3O4S/c1-4-10-28(33)32-18-17-25(21(5-2)19-32)31-37(35,36)27-16-15-26(23-13-8-9-14-24(23)27)30-29(34)22-12-7-6-11-20(22)3/h6-9,11-16,21,25,31H,4-5,10,17-19H2,1-3H3,(H,30,34)/t21-,25-/m0/s1. The lowest BCUT2D eigenvalue weighted by Crippen LogP contribution is -2.52. The number of likely N-dealkylation sites (tertiary alicyclic amines) is 1. The van der Waals surface area contributed by atoms with Gasteiger partial charge in [0.05, 0.1) is 4.90 Å². The summed E-state index contributed by atoms with van der Waals surface area (Å²) in [5.41, 5.74) is 1.98. The zero-order chi connectivity index (χ0) is 26.6. The molecule has 1 saturated heterocycles. The molecule has 2 amide bonds. The molecular formula is C29H35N3O4S. The van der Waals surface area contributed by atoms with Crippen molar-refractivity contribution in [1.82, 2.24) is 9.62 Å². The maximum atomic E-state index is 13.6. The van der Waals surface area contributed by atoms with E-state index in [9.17, 15) is 18.0 Å². The molecule has 7 nitrogen and oxygen atoms in total. The van der Waals surface area contributed by atoms with Crippen LogP contribution in [0.2, 0.25) is 0 Å². The summed E-state index contributed by atoms with van der Waals surface area (Å²) in [5.74, 6) is -0.0630. The molecule has 1 heterocycles. The fourth-order valence-electron chi connectivity index (χ4n) is 5.09. The SMILES string of the molecule is CCCC(=O)N1CC[C@H](NS(=O)(=O)c2ccc(NC(=O)c3ccccc3C)c3ccccc23)[C@@H](CC)C1. The number of sulfonamides is 1. The van der Waals surface area contributed by atoms with Gasteiger partial charge in [0.15, 0.2) is 0 Å². The number of carbonyl (C=O) groups is 2. The average molecular weight is 522 g/mol. The van der Waals surface area contributed by atoms with Crippen LogP contribution < -0.4 is 10.0 Å². The number of fused-ring (bicyclic) bond motifs is 1. The van der Waals surface area contributed by atoms with Crippen LogP contribution in [-0.2, 0) is 14.8 Å². The minimum atomic E-state index is -3.85. The van der Waals surface area contributed by atoms with Crippen molar-refractivity contribution in [3.8, 4) is 0 Å². The lowest BCUT2D eigenvalue weighted by atomic mass is 9.90. The molecule has 3 aromatic carbocycles. The van der Waals surface area contributed by atoms with Gasteiger partial charge in [-0.3, -0.25) is 9.59 Å². The van der Waals surface area contributed by atoms with Gasteiger partial charge in [0, 0.05) is 47.6 Å². The second-order valence-electron chi connectivity index (χ2n) is 9.70. The second kappa shape index (κ2) is 11.4.